The van der Waals surface area contributed by atoms with Crippen LogP contribution in [-0.2, 0) is 23.7 Å². The topological polar surface area (TPSA) is 218 Å². The molecule has 2 amide bonds. The molecule has 25 heteroatoms. The number of nitrogens with zero attached hydrogens (tertiary/aromatic N) is 3. The van der Waals surface area contributed by atoms with Crippen molar-refractivity contribution in [1.29, 1.82) is 0 Å². The first-order valence-corrected chi connectivity index (χ1v) is 26.1. The monoisotopic (exact) mass is 1280 g/mol. The van der Waals surface area contributed by atoms with Crippen molar-refractivity contribution in [2.45, 2.75) is 52.7 Å². The van der Waals surface area contributed by atoms with E-state index in [1.165, 1.54) is 42.5 Å². The van der Waals surface area contributed by atoms with E-state index in [0.717, 1.165) is 76.0 Å². The van der Waals surface area contributed by atoms with Crippen molar-refractivity contribution in [3.05, 3.63) is 144 Å². The summed E-state index contributed by atoms with van der Waals surface area (Å²) in [5.74, 6) is -2.56. The molecule has 0 atom stereocenters. The molecule has 0 bridgehead atoms. The van der Waals surface area contributed by atoms with Gasteiger partial charge in [0.25, 0.3) is 0 Å². The second kappa shape index (κ2) is 32.8. The molecule has 8 rings (SSSR count). The molecule has 0 radical (unpaired) electrons. The zero-order valence-corrected chi connectivity index (χ0v) is 48.1. The highest BCUT2D eigenvalue weighted by Crippen LogP contribution is 2.25. The van der Waals surface area contributed by atoms with E-state index in [1.54, 1.807) is 71.9 Å². The molecule has 3 aliphatic rings. The number of hydrogen-bond donors (Lipinski definition) is 5. The van der Waals surface area contributed by atoms with Crippen LogP contribution in [0.5, 0.6) is 0 Å². The molecule has 3 aliphatic heterocycles. The third-order valence-electron chi connectivity index (χ3n) is 9.81. The average molecular weight is 1280 g/mol. The van der Waals surface area contributed by atoms with Crippen molar-refractivity contribution >= 4 is 99.8 Å². The summed E-state index contributed by atoms with van der Waals surface area (Å²) < 4.78 is 93.0. The van der Waals surface area contributed by atoms with Gasteiger partial charge in [-0.2, -0.15) is 4.39 Å². The Morgan fingerprint density at radius 1 is 0.558 bits per heavy atom. The number of nitro groups is 1. The lowest BCUT2D eigenvalue weighted by molar-refractivity contribution is -0.387. The van der Waals surface area contributed by atoms with Crippen LogP contribution in [-0.4, -0.2) is 107 Å². The summed E-state index contributed by atoms with van der Waals surface area (Å²) in [6.07, 6.45) is -1.34. The van der Waals surface area contributed by atoms with Gasteiger partial charge < -0.3 is 50.3 Å². The Labute approximate surface area is 470 Å². The van der Waals surface area contributed by atoms with Crippen LogP contribution in [0.15, 0.2) is 104 Å². The highest BCUT2D eigenvalue weighted by molar-refractivity contribution is 9.11. The van der Waals surface area contributed by atoms with Crippen LogP contribution >= 0.6 is 47.8 Å². The highest BCUT2D eigenvalue weighted by Gasteiger charge is 2.20. The molecule has 77 heavy (non-hydrogen) atoms. The largest absolute Gasteiger partial charge is 0.444 e. The first-order chi connectivity index (χ1) is 36.2. The van der Waals surface area contributed by atoms with Gasteiger partial charge in [-0.25, -0.2) is 27.2 Å². The first kappa shape index (κ1) is 65.5. The normalized spacial score (nSPS) is 14.1. The lowest BCUT2D eigenvalue weighted by Gasteiger charge is -2.29. The zero-order chi connectivity index (χ0) is 57.3. The van der Waals surface area contributed by atoms with Gasteiger partial charge in [0.15, 0.2) is 0 Å². The minimum absolute atomic E-state index is 0.0949. The minimum atomic E-state index is -0.829. The van der Waals surface area contributed by atoms with E-state index in [2.05, 4.69) is 68.6 Å². The van der Waals surface area contributed by atoms with E-state index in [-0.39, 0.29) is 34.4 Å². The van der Waals surface area contributed by atoms with Crippen molar-refractivity contribution < 1.29 is 60.1 Å². The number of nitrogen functional groups attached to an aromatic ring is 2. The second-order valence-corrected chi connectivity index (χ2v) is 21.1. The van der Waals surface area contributed by atoms with Crippen LogP contribution in [0.25, 0.3) is 0 Å². The van der Waals surface area contributed by atoms with Crippen LogP contribution in [0.4, 0.5) is 71.4 Å². The number of anilines is 6. The predicted octanol–water partition coefficient (Wildman–Crippen LogP) is 12.5. The third kappa shape index (κ3) is 26.4. The fraction of sp³-hybridized carbons (Fsp3) is 0.385. The highest BCUT2D eigenvalue weighted by atomic mass is 79.9. The quantitative estimate of drug-likeness (QED) is 0.0479. The Kier molecular flexibility index (Phi) is 27.9. The minimum Gasteiger partial charge on any atom is -0.444 e. The number of halogens is 8. The Hall–Kier alpha value is -5.83. The molecular weight excluding hydrogens is 1220 g/mol. The number of rotatable bonds is 5. The fourth-order valence-electron chi connectivity index (χ4n) is 6.22. The van der Waals surface area contributed by atoms with Gasteiger partial charge in [0.1, 0.15) is 34.5 Å². The molecule has 0 unspecified atom stereocenters. The van der Waals surface area contributed by atoms with Crippen molar-refractivity contribution in [3.8, 4) is 0 Å². The second-order valence-electron chi connectivity index (χ2n) is 18.3. The number of morpholine rings is 3. The number of hydrogen-bond acceptors (Lipinski definition) is 14. The van der Waals surface area contributed by atoms with E-state index in [0.29, 0.717) is 39.8 Å². The van der Waals surface area contributed by atoms with E-state index in [1.807, 2.05) is 11.0 Å². The molecule has 3 heterocycles. The van der Waals surface area contributed by atoms with Gasteiger partial charge in [-0.15, -0.1) is 0 Å². The van der Waals surface area contributed by atoms with Gasteiger partial charge in [-0.1, -0.05) is 47.8 Å². The summed E-state index contributed by atoms with van der Waals surface area (Å²) in [7, 11) is 0. The molecule has 17 nitrogen and oxygen atoms in total. The lowest BCUT2D eigenvalue weighted by Crippen LogP contribution is -2.36. The summed E-state index contributed by atoms with van der Waals surface area (Å²) in [6, 6.07) is 22.1. The van der Waals surface area contributed by atoms with Crippen LogP contribution in [0.1, 0.15) is 41.5 Å². The summed E-state index contributed by atoms with van der Waals surface area (Å²) in [4.78, 5) is 36.4. The summed E-state index contributed by atoms with van der Waals surface area (Å²) >= 11 is 9.21. The molecule has 7 N–H and O–H groups in total. The maximum absolute atomic E-state index is 14.1. The zero-order valence-electron chi connectivity index (χ0n) is 43.3. The Morgan fingerprint density at radius 2 is 0.909 bits per heavy atom. The maximum Gasteiger partial charge on any atom is 0.412 e. The van der Waals surface area contributed by atoms with Crippen molar-refractivity contribution in [2.24, 2.45) is 0 Å². The van der Waals surface area contributed by atoms with Crippen molar-refractivity contribution in [2.75, 3.05) is 111 Å². The Balaban J connectivity index is 0.000000252. The lowest BCUT2D eigenvalue weighted by atomic mass is 10.2. The summed E-state index contributed by atoms with van der Waals surface area (Å²) in [5, 5.41) is 18.0. The Bertz CT molecular complexity index is 2660. The molecule has 5 aromatic carbocycles. The van der Waals surface area contributed by atoms with Crippen LogP contribution in [0.3, 0.4) is 0 Å². The number of benzene rings is 5. The smallest absolute Gasteiger partial charge is 0.412 e. The molecular formula is C52H64Br3F5N8O9. The van der Waals surface area contributed by atoms with Crippen LogP contribution in [0, 0.1) is 39.2 Å². The van der Waals surface area contributed by atoms with Gasteiger partial charge in [0, 0.05) is 70.1 Å². The SMILES string of the molecule is C1COCCN1.CC(C)(C)OC(=O)Nc1ccc(Br)cc1F.CC(C)(C)OC(=O)Nc1ccc(N2CCOCC2)cc1F.Nc1ccc(Br)cc1F.Nc1ccc(N2CCOCC2)cc1F.O=[N+]([O-])c1ccc(Br)cc1F. The van der Waals surface area contributed by atoms with E-state index in [9.17, 15) is 41.7 Å². The predicted molar refractivity (Wildman–Crippen MR) is 300 cm³/mol. The number of carbonyl (C=O) groups is 2. The van der Waals surface area contributed by atoms with Crippen LogP contribution < -0.4 is 37.2 Å². The fourth-order valence-corrected chi connectivity index (χ4v) is 7.22. The molecule has 3 fully saturated rings. The number of carbonyl (C=O) groups excluding carboxylic acids is 2. The molecule has 0 saturated carbocycles. The van der Waals surface area contributed by atoms with E-state index >= 15 is 0 Å². The third-order valence-corrected chi connectivity index (χ3v) is 11.3. The van der Waals surface area contributed by atoms with Gasteiger partial charge in [-0.05, 0) is 126 Å². The average Bonchev–Trinajstić information content (AvgIpc) is 3.36. The standard InChI is InChI=1S/C15H21FN2O3.C11H13BrFNO2.C10H13FN2O.C6H3BrFNO2.C6H5BrFN.C4H9NO/c1-15(2,3)21-14(19)17-13-5-4-11(10-12(13)16)18-6-8-20-9-7-18;1-11(2,3)16-10(15)14-9-5-4-7(12)6-8(9)13;11-9-7-8(1-2-10(9)12)13-3-5-14-6-4-13;7-4-1-2-6(9(10)11)5(8)3-4;7-4-1-2-6(9)5(8)3-4;1-3-6-4-2-5-1/h4-5,10H,6-9H2,1-3H3,(H,17,19);4-6H,1-3H3,(H,14,15);1-2,7H,3-6,12H2;1-3H;1-3H,9H2;5H,1-4H2. The van der Waals surface area contributed by atoms with Gasteiger partial charge in [0.2, 0.25) is 5.82 Å². The number of nitrogens with one attached hydrogen (secondary N) is 3. The van der Waals surface area contributed by atoms with E-state index in [4.69, 9.17) is 35.2 Å². The molecule has 0 aliphatic carbocycles. The first-order valence-electron chi connectivity index (χ1n) is 23.7. The van der Waals surface area contributed by atoms with Crippen LogP contribution in [0.2, 0.25) is 0 Å². The maximum atomic E-state index is 14.1. The van der Waals surface area contributed by atoms with E-state index < -0.39 is 51.5 Å². The van der Waals surface area contributed by atoms with Crippen molar-refractivity contribution in [3.63, 3.8) is 0 Å². The molecule has 5 aromatic rings. The molecule has 3 saturated heterocycles. The molecule has 0 aromatic heterocycles. The van der Waals surface area contributed by atoms with Gasteiger partial charge in [-0.3, -0.25) is 20.7 Å². The van der Waals surface area contributed by atoms with Crippen molar-refractivity contribution in [1.82, 2.24) is 5.32 Å². The molecule has 0 spiro atoms. The number of nitrogens with two attached hydrogens (primary N) is 2. The number of nitro benzene ring substituents is 1. The van der Waals surface area contributed by atoms with Gasteiger partial charge in [0.05, 0.1) is 67.3 Å². The Morgan fingerprint density at radius 3 is 1.26 bits per heavy atom. The summed E-state index contributed by atoms with van der Waals surface area (Å²) in [6.45, 7) is 20.1. The molecule has 422 valence electrons. The number of ether oxygens (including phenoxy) is 5. The number of amides is 2. The summed E-state index contributed by atoms with van der Waals surface area (Å²) in [5.41, 5.74) is 11.1. The van der Waals surface area contributed by atoms with Gasteiger partial charge >= 0.3 is 17.9 Å².